The van der Waals surface area contributed by atoms with Gasteiger partial charge in [-0.05, 0) is 11.4 Å². The van der Waals surface area contributed by atoms with Gasteiger partial charge >= 0.3 is 5.97 Å². The van der Waals surface area contributed by atoms with Gasteiger partial charge in [-0.3, -0.25) is 9.52 Å². The van der Waals surface area contributed by atoms with Gasteiger partial charge in [0.15, 0.2) is 5.13 Å². The molecule has 0 amide bonds. The van der Waals surface area contributed by atoms with Crippen LogP contribution in [0.15, 0.2) is 52.1 Å². The number of nitrogens with zero attached hydrogens (tertiary/aromatic N) is 1. The van der Waals surface area contributed by atoms with Gasteiger partial charge < -0.3 is 4.74 Å². The normalized spacial score (nSPS) is 11.2. The van der Waals surface area contributed by atoms with E-state index < -0.39 is 16.0 Å². The number of ether oxygens (including phenoxy) is 1. The van der Waals surface area contributed by atoms with E-state index in [1.165, 1.54) is 13.2 Å². The molecule has 1 aromatic carbocycles. The lowest BCUT2D eigenvalue weighted by atomic mass is 10.1. The average Bonchev–Trinajstić information content (AvgIpc) is 3.26. The zero-order chi connectivity index (χ0) is 17.9. The maximum absolute atomic E-state index is 12.4. The van der Waals surface area contributed by atoms with Crippen molar-refractivity contribution < 1.29 is 17.9 Å². The third-order valence-electron chi connectivity index (χ3n) is 3.26. The number of nitrogens with one attached hydrogen (secondary N) is 1. The molecule has 9 heteroatoms. The Bertz CT molecular complexity index is 964. The minimum atomic E-state index is -3.69. The first-order valence-electron chi connectivity index (χ1n) is 7.18. The average molecular weight is 394 g/mol. The van der Waals surface area contributed by atoms with Crippen molar-refractivity contribution in [3.05, 3.63) is 52.7 Å². The van der Waals surface area contributed by atoms with Crippen molar-refractivity contribution in [1.82, 2.24) is 4.98 Å². The molecule has 1 N–H and O–H groups in total. The predicted octanol–water partition coefficient (Wildman–Crippen LogP) is 3.39. The molecule has 0 spiro atoms. The summed E-state index contributed by atoms with van der Waals surface area (Å²) in [7, 11) is -2.38. The fraction of sp³-hybridized carbons (Fsp3) is 0.125. The monoisotopic (exact) mass is 394 g/mol. The first-order valence-corrected chi connectivity index (χ1v) is 10.4. The zero-order valence-electron chi connectivity index (χ0n) is 13.1. The molecule has 0 bridgehead atoms. The maximum Gasteiger partial charge on any atom is 0.310 e. The Labute approximate surface area is 153 Å². The fourth-order valence-corrected chi connectivity index (χ4v) is 5.32. The Morgan fingerprint density at radius 2 is 1.96 bits per heavy atom. The maximum atomic E-state index is 12.4. The number of thiazole rings is 1. The van der Waals surface area contributed by atoms with Gasteiger partial charge in [-0.15, -0.1) is 11.3 Å². The van der Waals surface area contributed by atoms with E-state index in [0.29, 0.717) is 10.6 Å². The summed E-state index contributed by atoms with van der Waals surface area (Å²) in [5, 5.41) is 1.90. The highest BCUT2D eigenvalue weighted by Gasteiger charge is 2.21. The predicted molar refractivity (Wildman–Crippen MR) is 98.4 cm³/mol. The molecule has 0 atom stereocenters. The van der Waals surface area contributed by atoms with E-state index in [2.05, 4.69) is 9.71 Å². The van der Waals surface area contributed by atoms with Crippen molar-refractivity contribution in [3.8, 4) is 11.3 Å². The second-order valence-electron chi connectivity index (χ2n) is 4.95. The van der Waals surface area contributed by atoms with E-state index in [9.17, 15) is 13.2 Å². The minimum absolute atomic E-state index is 0.0269. The molecule has 6 nitrogen and oxygen atoms in total. The van der Waals surface area contributed by atoms with Crippen molar-refractivity contribution >= 4 is 43.8 Å². The summed E-state index contributed by atoms with van der Waals surface area (Å²) in [6, 6.07) is 12.5. The van der Waals surface area contributed by atoms with E-state index in [4.69, 9.17) is 4.74 Å². The largest absolute Gasteiger partial charge is 0.469 e. The van der Waals surface area contributed by atoms with Crippen LogP contribution in [-0.2, 0) is 26.0 Å². The molecule has 25 heavy (non-hydrogen) atoms. The van der Waals surface area contributed by atoms with Gasteiger partial charge in [-0.25, -0.2) is 13.4 Å². The van der Waals surface area contributed by atoms with Crippen LogP contribution < -0.4 is 4.72 Å². The first-order chi connectivity index (χ1) is 12.0. The number of esters is 1. The molecule has 0 saturated heterocycles. The third-order valence-corrected chi connectivity index (χ3v) is 7.10. The smallest absolute Gasteiger partial charge is 0.310 e. The minimum Gasteiger partial charge on any atom is -0.469 e. The molecule has 0 fully saturated rings. The molecule has 0 unspecified atom stereocenters. The molecule has 0 aliphatic heterocycles. The topological polar surface area (TPSA) is 85.4 Å². The molecule has 0 saturated carbocycles. The van der Waals surface area contributed by atoms with Crippen LogP contribution in [0.25, 0.3) is 11.3 Å². The Hall–Kier alpha value is -2.23. The van der Waals surface area contributed by atoms with Crippen LogP contribution in [0.4, 0.5) is 5.13 Å². The lowest BCUT2D eigenvalue weighted by molar-refractivity contribution is -0.139. The summed E-state index contributed by atoms with van der Waals surface area (Å²) in [5.74, 6) is -0.409. The number of benzene rings is 1. The Morgan fingerprint density at radius 3 is 2.60 bits per heavy atom. The lowest BCUT2D eigenvalue weighted by Crippen LogP contribution is -2.11. The molecular weight excluding hydrogens is 380 g/mol. The fourth-order valence-electron chi connectivity index (χ4n) is 2.12. The van der Waals surface area contributed by atoms with E-state index in [-0.39, 0.29) is 15.8 Å². The summed E-state index contributed by atoms with van der Waals surface area (Å²) in [6.07, 6.45) is 0.0269. The number of thiophene rings is 1. The molecule has 2 aromatic heterocycles. The Morgan fingerprint density at radius 1 is 1.20 bits per heavy atom. The molecule has 2 heterocycles. The number of hydrogen-bond acceptors (Lipinski definition) is 7. The number of carbonyl (C=O) groups excluding carboxylic acids is 1. The molecular formula is C16H14N2O4S3. The Balaban J connectivity index is 1.97. The van der Waals surface area contributed by atoms with Crippen molar-refractivity contribution in [1.29, 1.82) is 0 Å². The van der Waals surface area contributed by atoms with Crippen LogP contribution in [-0.4, -0.2) is 26.5 Å². The van der Waals surface area contributed by atoms with Gasteiger partial charge in [0.05, 0.1) is 19.2 Å². The first kappa shape index (κ1) is 17.6. The third kappa shape index (κ3) is 4.06. The highest BCUT2D eigenvalue weighted by molar-refractivity contribution is 7.94. The number of anilines is 1. The summed E-state index contributed by atoms with van der Waals surface area (Å²) in [6.45, 7) is 0. The van der Waals surface area contributed by atoms with Crippen LogP contribution >= 0.6 is 22.7 Å². The van der Waals surface area contributed by atoms with Crippen LogP contribution in [0.3, 0.4) is 0 Å². The summed E-state index contributed by atoms with van der Waals surface area (Å²) in [5.41, 5.74) is 1.37. The highest BCUT2D eigenvalue weighted by Crippen LogP contribution is 2.33. The molecule has 3 aromatic rings. The standard InChI is InChI=1S/C16H14N2O4S3/c1-22-13(19)10-12-15(11-6-3-2-4-7-11)17-16(24-12)18-25(20,21)14-8-5-9-23-14/h2-9H,10H2,1H3,(H,17,18). The molecule has 0 aliphatic carbocycles. The quantitative estimate of drug-likeness (QED) is 0.648. The van der Waals surface area contributed by atoms with Crippen molar-refractivity contribution in [2.24, 2.45) is 0 Å². The van der Waals surface area contributed by atoms with Gasteiger partial charge in [0.2, 0.25) is 0 Å². The van der Waals surface area contributed by atoms with Crippen LogP contribution in [0, 0.1) is 0 Å². The second-order valence-corrected chi connectivity index (χ2v) is 8.89. The summed E-state index contributed by atoms with van der Waals surface area (Å²) >= 11 is 2.25. The summed E-state index contributed by atoms with van der Waals surface area (Å²) in [4.78, 5) is 16.7. The molecule has 3 rings (SSSR count). The second kappa shape index (κ2) is 7.34. The van der Waals surface area contributed by atoms with Crippen molar-refractivity contribution in [2.75, 3.05) is 11.8 Å². The SMILES string of the molecule is COC(=O)Cc1sc(NS(=O)(=O)c2cccs2)nc1-c1ccccc1. The number of methoxy groups -OCH3 is 1. The number of rotatable bonds is 6. The number of aromatic nitrogens is 1. The van der Waals surface area contributed by atoms with E-state index in [1.54, 1.807) is 11.4 Å². The van der Waals surface area contributed by atoms with Crippen LogP contribution in [0.1, 0.15) is 4.88 Å². The zero-order valence-corrected chi connectivity index (χ0v) is 15.6. The lowest BCUT2D eigenvalue weighted by Gasteiger charge is -2.01. The van der Waals surface area contributed by atoms with Crippen LogP contribution in [0.5, 0.6) is 0 Å². The van der Waals surface area contributed by atoms with E-state index in [1.807, 2.05) is 30.3 Å². The molecule has 0 radical (unpaired) electrons. The van der Waals surface area contributed by atoms with Crippen LogP contribution in [0.2, 0.25) is 0 Å². The van der Waals surface area contributed by atoms with E-state index >= 15 is 0 Å². The molecule has 130 valence electrons. The van der Waals surface area contributed by atoms with Gasteiger partial charge in [0.1, 0.15) is 4.21 Å². The Kier molecular flexibility index (Phi) is 5.16. The highest BCUT2D eigenvalue weighted by atomic mass is 32.2. The summed E-state index contributed by atoms with van der Waals surface area (Å²) < 4.78 is 32.1. The number of carbonyl (C=O) groups is 1. The molecule has 0 aliphatic rings. The van der Waals surface area contributed by atoms with E-state index in [0.717, 1.165) is 28.2 Å². The van der Waals surface area contributed by atoms with Gasteiger partial charge in [-0.2, -0.15) is 0 Å². The van der Waals surface area contributed by atoms with Crippen molar-refractivity contribution in [3.63, 3.8) is 0 Å². The van der Waals surface area contributed by atoms with Gasteiger partial charge in [-0.1, -0.05) is 47.7 Å². The number of hydrogen-bond donors (Lipinski definition) is 1. The van der Waals surface area contributed by atoms with Crippen molar-refractivity contribution in [2.45, 2.75) is 10.6 Å². The van der Waals surface area contributed by atoms with Gasteiger partial charge in [0, 0.05) is 10.4 Å². The number of sulfonamides is 1. The van der Waals surface area contributed by atoms with Gasteiger partial charge in [0.25, 0.3) is 10.0 Å².